The highest BCUT2D eigenvalue weighted by Gasteiger charge is 2.51. The van der Waals surface area contributed by atoms with Gasteiger partial charge in [-0.15, -0.1) is 0 Å². The zero-order chi connectivity index (χ0) is 28.3. The molecule has 0 bridgehead atoms. The zero-order valence-corrected chi connectivity index (χ0v) is 21.4. The lowest BCUT2D eigenvalue weighted by molar-refractivity contribution is -0.137. The number of carbonyl (C=O) groups excluding carboxylic acids is 1. The van der Waals surface area contributed by atoms with Gasteiger partial charge in [0.1, 0.15) is 11.5 Å². The Morgan fingerprint density at radius 1 is 1.10 bits per heavy atom. The van der Waals surface area contributed by atoms with Crippen LogP contribution in [-0.2, 0) is 22.6 Å². The summed E-state index contributed by atoms with van der Waals surface area (Å²) in [6.07, 6.45) is 1.92. The van der Waals surface area contributed by atoms with E-state index in [1.54, 1.807) is 22.9 Å². The van der Waals surface area contributed by atoms with E-state index in [0.29, 0.717) is 28.6 Å². The van der Waals surface area contributed by atoms with Crippen LogP contribution in [0.1, 0.15) is 33.7 Å². The molecule has 2 aliphatic rings. The van der Waals surface area contributed by atoms with Gasteiger partial charge in [-0.25, -0.2) is 22.5 Å². The molecule has 206 valence electrons. The molecule has 1 aliphatic heterocycles. The van der Waals surface area contributed by atoms with E-state index in [9.17, 15) is 30.8 Å². The monoisotopic (exact) mass is 572 g/mol. The molecule has 1 fully saturated rings. The van der Waals surface area contributed by atoms with Crippen LogP contribution in [0.5, 0.6) is 0 Å². The molecule has 0 radical (unpaired) electrons. The number of rotatable bonds is 5. The summed E-state index contributed by atoms with van der Waals surface area (Å²) in [5.74, 6) is -1.15. The average Bonchev–Trinajstić information content (AvgIpc) is 3.62. The van der Waals surface area contributed by atoms with Crippen LogP contribution in [0.15, 0.2) is 71.9 Å². The highest BCUT2D eigenvalue weighted by atomic mass is 32.2. The number of hydrogen-bond donors (Lipinski definition) is 1. The fraction of sp³-hybridized carbons (Fsp3) is 0.231. The summed E-state index contributed by atoms with van der Waals surface area (Å²) in [6, 6.07) is 7.11. The van der Waals surface area contributed by atoms with Gasteiger partial charge in [-0.1, -0.05) is 5.57 Å². The normalized spacial score (nSPS) is 19.6. The van der Waals surface area contributed by atoms with Gasteiger partial charge in [0.25, 0.3) is 10.0 Å². The van der Waals surface area contributed by atoms with Crippen molar-refractivity contribution in [3.05, 3.63) is 95.2 Å². The molecule has 40 heavy (non-hydrogen) atoms. The van der Waals surface area contributed by atoms with E-state index in [1.165, 1.54) is 24.7 Å². The molecule has 1 aromatic carbocycles. The number of pyridine rings is 1. The summed E-state index contributed by atoms with van der Waals surface area (Å²) in [6.45, 7) is -0.295. The van der Waals surface area contributed by atoms with Gasteiger partial charge < -0.3 is 4.98 Å². The van der Waals surface area contributed by atoms with Crippen molar-refractivity contribution in [2.75, 3.05) is 13.1 Å². The summed E-state index contributed by atoms with van der Waals surface area (Å²) >= 11 is 0. The third-order valence-electron chi connectivity index (χ3n) is 7.30. The van der Waals surface area contributed by atoms with Crippen molar-refractivity contribution in [2.24, 2.45) is 5.41 Å². The Morgan fingerprint density at radius 3 is 2.58 bits per heavy atom. The number of halogens is 4. The molecule has 14 heteroatoms. The number of alkyl halides is 3. The van der Waals surface area contributed by atoms with Crippen LogP contribution in [0.4, 0.5) is 17.6 Å². The van der Waals surface area contributed by atoms with E-state index in [0.717, 1.165) is 22.8 Å². The van der Waals surface area contributed by atoms with Crippen molar-refractivity contribution >= 4 is 21.9 Å². The molecule has 3 aromatic heterocycles. The molecule has 4 heterocycles. The second kappa shape index (κ2) is 9.20. The van der Waals surface area contributed by atoms with E-state index in [4.69, 9.17) is 0 Å². The minimum atomic E-state index is -4.70. The van der Waals surface area contributed by atoms with Gasteiger partial charge in [0.15, 0.2) is 10.8 Å². The number of aromatic nitrogens is 5. The van der Waals surface area contributed by atoms with E-state index in [1.807, 2.05) is 0 Å². The molecule has 6 rings (SSSR count). The fourth-order valence-corrected chi connectivity index (χ4v) is 6.70. The Bertz CT molecular complexity index is 1750. The molecule has 0 amide bonds. The SMILES string of the molecule is O=C(c1cc(C(F)(F)F)ccn1)[C@]12Cc3cnn(-c4ccc(F)cc4)c3C=C1CCN(S(=O)(=O)c1cnc[nH]1)C2. The number of piperidine rings is 1. The number of H-pyrrole nitrogens is 1. The average molecular weight is 573 g/mol. The predicted molar refractivity (Wildman–Crippen MR) is 133 cm³/mol. The number of imidazole rings is 1. The first-order valence-electron chi connectivity index (χ1n) is 12.1. The highest BCUT2D eigenvalue weighted by molar-refractivity contribution is 7.89. The minimum Gasteiger partial charge on any atom is -0.335 e. The topological polar surface area (TPSA) is 114 Å². The van der Waals surface area contributed by atoms with Crippen LogP contribution < -0.4 is 0 Å². The van der Waals surface area contributed by atoms with Gasteiger partial charge in [-0.2, -0.15) is 22.6 Å². The number of hydrogen-bond acceptors (Lipinski definition) is 6. The van der Waals surface area contributed by atoms with Crippen LogP contribution in [0.25, 0.3) is 11.8 Å². The van der Waals surface area contributed by atoms with Crippen molar-refractivity contribution in [3.8, 4) is 5.69 Å². The maximum absolute atomic E-state index is 14.1. The standard InChI is InChI=1S/C26H20F4N6O3S/c27-19-1-3-20(4-2-19)36-22-10-17-6-8-35(40(38,39)23-13-31-15-33-23)14-25(17,11-16(22)12-34-36)24(37)21-9-18(5-7-32-21)26(28,29)30/h1-5,7,9-10,12-13,15H,6,8,11,14H2,(H,31,33)/t25-/m0/s1. The Hall–Kier alpha value is -4.17. The molecule has 1 saturated heterocycles. The number of Topliss-reactive ketones (excluding diaryl/α,β-unsaturated/α-hetero) is 1. The molecule has 0 unspecified atom stereocenters. The first-order chi connectivity index (χ1) is 19.0. The molecular weight excluding hydrogens is 552 g/mol. The third-order valence-corrected chi connectivity index (χ3v) is 9.07. The van der Waals surface area contributed by atoms with E-state index < -0.39 is 44.5 Å². The summed E-state index contributed by atoms with van der Waals surface area (Å²) < 4.78 is 83.4. The molecule has 9 nitrogen and oxygen atoms in total. The minimum absolute atomic E-state index is 0.0260. The van der Waals surface area contributed by atoms with Crippen LogP contribution in [-0.4, -0.2) is 56.3 Å². The molecule has 0 saturated carbocycles. The van der Waals surface area contributed by atoms with Crippen LogP contribution in [0.3, 0.4) is 0 Å². The lowest BCUT2D eigenvalue weighted by Crippen LogP contribution is -2.53. The Labute approximate surface area is 225 Å². The van der Waals surface area contributed by atoms with Crippen molar-refractivity contribution in [3.63, 3.8) is 0 Å². The number of nitrogens with zero attached hydrogens (tertiary/aromatic N) is 5. The lowest BCUT2D eigenvalue weighted by Gasteiger charge is -2.44. The maximum Gasteiger partial charge on any atom is 0.416 e. The number of fused-ring (bicyclic) bond motifs is 2. The molecule has 1 N–H and O–H groups in total. The Morgan fingerprint density at radius 2 is 1.88 bits per heavy atom. The first-order valence-corrected chi connectivity index (χ1v) is 13.5. The van der Waals surface area contributed by atoms with Gasteiger partial charge in [0.2, 0.25) is 0 Å². The summed E-state index contributed by atoms with van der Waals surface area (Å²) in [4.78, 5) is 24.4. The lowest BCUT2D eigenvalue weighted by atomic mass is 9.65. The second-order valence-corrected chi connectivity index (χ2v) is 11.5. The molecule has 1 atom stereocenters. The number of nitrogens with one attached hydrogen (secondary N) is 1. The van der Waals surface area contributed by atoms with Crippen molar-refractivity contribution in [2.45, 2.75) is 24.0 Å². The smallest absolute Gasteiger partial charge is 0.335 e. The molecular formula is C26H20F4N6O3S. The van der Waals surface area contributed by atoms with Crippen LogP contribution >= 0.6 is 0 Å². The summed E-state index contributed by atoms with van der Waals surface area (Å²) in [5, 5.41) is 4.24. The fourth-order valence-electron chi connectivity index (χ4n) is 5.31. The van der Waals surface area contributed by atoms with Gasteiger partial charge in [-0.3, -0.25) is 9.78 Å². The molecule has 0 spiro atoms. The van der Waals surface area contributed by atoms with Gasteiger partial charge >= 0.3 is 6.18 Å². The van der Waals surface area contributed by atoms with Gasteiger partial charge in [-0.05, 0) is 60.9 Å². The Kier molecular flexibility index (Phi) is 6.00. The van der Waals surface area contributed by atoms with Gasteiger partial charge in [0.05, 0.1) is 41.1 Å². The number of ketones is 1. The second-order valence-electron chi connectivity index (χ2n) is 9.63. The first kappa shape index (κ1) is 26.1. The molecule has 1 aliphatic carbocycles. The number of sulfonamides is 1. The zero-order valence-electron chi connectivity index (χ0n) is 20.6. The number of aromatic amines is 1. The van der Waals surface area contributed by atoms with Crippen molar-refractivity contribution in [1.29, 1.82) is 0 Å². The van der Waals surface area contributed by atoms with Gasteiger partial charge in [0, 0.05) is 19.3 Å². The molecule has 4 aromatic rings. The number of carbonyl (C=O) groups is 1. The van der Waals surface area contributed by atoms with Crippen LogP contribution in [0.2, 0.25) is 0 Å². The van der Waals surface area contributed by atoms with Crippen molar-refractivity contribution < 1.29 is 30.8 Å². The predicted octanol–water partition coefficient (Wildman–Crippen LogP) is 4.05. The van der Waals surface area contributed by atoms with E-state index in [2.05, 4.69) is 20.1 Å². The summed E-state index contributed by atoms with van der Waals surface area (Å²) in [7, 11) is -4.09. The van der Waals surface area contributed by atoms with E-state index in [-0.39, 0.29) is 31.0 Å². The summed E-state index contributed by atoms with van der Waals surface area (Å²) in [5.41, 5.74) is -0.684. The van der Waals surface area contributed by atoms with E-state index >= 15 is 0 Å². The Balaban J connectivity index is 1.47. The highest BCUT2D eigenvalue weighted by Crippen LogP contribution is 2.47. The van der Waals surface area contributed by atoms with Crippen LogP contribution in [0, 0.1) is 11.2 Å². The quantitative estimate of drug-likeness (QED) is 0.285. The third kappa shape index (κ3) is 4.23. The largest absolute Gasteiger partial charge is 0.416 e. The number of benzene rings is 1. The van der Waals surface area contributed by atoms with Crippen molar-refractivity contribution in [1.82, 2.24) is 29.0 Å². The maximum atomic E-state index is 14.1.